The molecule has 3 aliphatic heterocycles. The van der Waals surface area contributed by atoms with E-state index in [0.717, 1.165) is 30.0 Å². The Bertz CT molecular complexity index is 374. The first-order chi connectivity index (χ1) is 9.49. The normalized spacial score (nSPS) is 40.8. The second kappa shape index (κ2) is 4.44. The summed E-state index contributed by atoms with van der Waals surface area (Å²) in [5, 5.41) is 0. The van der Waals surface area contributed by atoms with Crippen molar-refractivity contribution in [3.63, 3.8) is 0 Å². The van der Waals surface area contributed by atoms with Crippen LogP contribution in [0, 0.1) is 17.3 Å². The molecule has 0 amide bonds. The predicted octanol–water partition coefficient (Wildman–Crippen LogP) is 1.74. The van der Waals surface area contributed by atoms with Crippen molar-refractivity contribution in [1.82, 2.24) is 14.7 Å². The second-order valence-electron chi connectivity index (χ2n) is 8.59. The number of nitrogens with zero attached hydrogens (tertiary/aromatic N) is 3. The lowest BCUT2D eigenvalue weighted by Crippen LogP contribution is -2.59. The zero-order chi connectivity index (χ0) is 14.1. The van der Waals surface area contributed by atoms with Gasteiger partial charge in [0.15, 0.2) is 0 Å². The lowest BCUT2D eigenvalue weighted by molar-refractivity contribution is -0.0125. The minimum Gasteiger partial charge on any atom is -0.300 e. The lowest BCUT2D eigenvalue weighted by Gasteiger charge is -2.49. The van der Waals surface area contributed by atoms with Crippen molar-refractivity contribution < 1.29 is 0 Å². The Hall–Kier alpha value is -0.120. The topological polar surface area (TPSA) is 9.72 Å². The Balaban J connectivity index is 1.28. The van der Waals surface area contributed by atoms with Crippen LogP contribution in [-0.2, 0) is 0 Å². The summed E-state index contributed by atoms with van der Waals surface area (Å²) in [6.07, 6.45) is 1.45. The fourth-order valence-electron chi connectivity index (χ4n) is 5.19. The quantitative estimate of drug-likeness (QED) is 0.778. The molecule has 3 nitrogen and oxygen atoms in total. The molecule has 2 unspecified atom stereocenters. The van der Waals surface area contributed by atoms with E-state index in [9.17, 15) is 0 Å². The Labute approximate surface area is 124 Å². The van der Waals surface area contributed by atoms with E-state index >= 15 is 0 Å². The van der Waals surface area contributed by atoms with Gasteiger partial charge < -0.3 is 9.80 Å². The number of piperidine rings is 1. The fourth-order valence-corrected chi connectivity index (χ4v) is 5.19. The van der Waals surface area contributed by atoms with E-state index in [1.54, 1.807) is 0 Å². The van der Waals surface area contributed by atoms with Crippen molar-refractivity contribution in [2.45, 2.75) is 52.2 Å². The van der Waals surface area contributed by atoms with Crippen molar-refractivity contribution in [2.24, 2.45) is 17.3 Å². The van der Waals surface area contributed by atoms with E-state index in [2.05, 4.69) is 42.4 Å². The summed E-state index contributed by atoms with van der Waals surface area (Å²) in [6.45, 7) is 17.6. The largest absolute Gasteiger partial charge is 0.300 e. The lowest BCUT2D eigenvalue weighted by atomic mass is 9.78. The van der Waals surface area contributed by atoms with Crippen LogP contribution < -0.4 is 0 Å². The zero-order valence-electron chi connectivity index (χ0n) is 13.7. The third kappa shape index (κ3) is 1.97. The molecule has 3 saturated heterocycles. The van der Waals surface area contributed by atoms with Crippen LogP contribution in [0.3, 0.4) is 0 Å². The van der Waals surface area contributed by atoms with Gasteiger partial charge in [-0.1, -0.05) is 0 Å². The van der Waals surface area contributed by atoms with Gasteiger partial charge in [0.05, 0.1) is 0 Å². The number of likely N-dealkylation sites (tertiary alicyclic amines) is 3. The Morgan fingerprint density at radius 1 is 0.850 bits per heavy atom. The summed E-state index contributed by atoms with van der Waals surface area (Å²) in [7, 11) is 0. The van der Waals surface area contributed by atoms with Gasteiger partial charge in [-0.3, -0.25) is 4.90 Å². The molecule has 3 heteroatoms. The molecule has 1 saturated carbocycles. The molecule has 4 fully saturated rings. The summed E-state index contributed by atoms with van der Waals surface area (Å²) in [4.78, 5) is 8.19. The molecule has 0 aromatic rings. The molecule has 0 aromatic heterocycles. The molecular formula is C17H31N3. The van der Waals surface area contributed by atoms with E-state index in [1.807, 2.05) is 0 Å². The van der Waals surface area contributed by atoms with Gasteiger partial charge in [-0.15, -0.1) is 0 Å². The molecule has 1 aliphatic carbocycles. The smallest absolute Gasteiger partial charge is 0.0184 e. The molecule has 0 N–H and O–H groups in total. The average molecular weight is 277 g/mol. The zero-order valence-corrected chi connectivity index (χ0v) is 13.7. The van der Waals surface area contributed by atoms with Crippen LogP contribution in [0.4, 0.5) is 0 Å². The maximum atomic E-state index is 2.83. The molecule has 0 bridgehead atoms. The molecule has 4 rings (SSSR count). The highest BCUT2D eigenvalue weighted by Crippen LogP contribution is 2.54. The van der Waals surface area contributed by atoms with Crippen LogP contribution in [0.1, 0.15) is 34.1 Å². The summed E-state index contributed by atoms with van der Waals surface area (Å²) < 4.78 is 0. The van der Waals surface area contributed by atoms with Crippen LogP contribution >= 0.6 is 0 Å². The molecular weight excluding hydrogens is 246 g/mol. The van der Waals surface area contributed by atoms with Crippen molar-refractivity contribution in [1.29, 1.82) is 0 Å². The van der Waals surface area contributed by atoms with Gasteiger partial charge >= 0.3 is 0 Å². The number of hydrogen-bond acceptors (Lipinski definition) is 3. The standard InChI is InChI=1S/C17H31N3/c1-12(2)18-6-5-17(9-18)10-20(11-17)16-14-7-19(13(3)4)8-15(14)16/h12-16H,5-11H2,1-4H3. The van der Waals surface area contributed by atoms with Gasteiger partial charge in [0.25, 0.3) is 0 Å². The summed E-state index contributed by atoms with van der Waals surface area (Å²) in [5.74, 6) is 2.02. The Morgan fingerprint density at radius 3 is 1.95 bits per heavy atom. The number of rotatable bonds is 3. The SMILES string of the molecule is CC(C)N1CC2C(C1)C2N1CC2(CCN(C(C)C)C2)C1. The third-order valence-corrected chi connectivity index (χ3v) is 6.60. The van der Waals surface area contributed by atoms with E-state index in [1.165, 1.54) is 45.7 Å². The van der Waals surface area contributed by atoms with Crippen LogP contribution in [0.25, 0.3) is 0 Å². The predicted molar refractivity (Wildman–Crippen MR) is 82.8 cm³/mol. The molecule has 2 atom stereocenters. The van der Waals surface area contributed by atoms with Crippen LogP contribution in [0.5, 0.6) is 0 Å². The number of fused-ring (bicyclic) bond motifs is 1. The van der Waals surface area contributed by atoms with Crippen LogP contribution in [-0.4, -0.2) is 72.1 Å². The highest BCUT2D eigenvalue weighted by Gasteiger charge is 2.62. The fraction of sp³-hybridized carbons (Fsp3) is 1.00. The van der Waals surface area contributed by atoms with Crippen molar-refractivity contribution in [3.8, 4) is 0 Å². The summed E-state index contributed by atoms with van der Waals surface area (Å²) in [5.41, 5.74) is 0.679. The molecule has 0 aromatic carbocycles. The van der Waals surface area contributed by atoms with Crippen molar-refractivity contribution >= 4 is 0 Å². The monoisotopic (exact) mass is 277 g/mol. The molecule has 3 heterocycles. The molecule has 4 aliphatic rings. The minimum atomic E-state index is 0.679. The van der Waals surface area contributed by atoms with Gasteiger partial charge in [0.2, 0.25) is 0 Å². The summed E-state index contributed by atoms with van der Waals surface area (Å²) >= 11 is 0. The first-order valence-electron chi connectivity index (χ1n) is 8.71. The van der Waals surface area contributed by atoms with Crippen molar-refractivity contribution in [3.05, 3.63) is 0 Å². The highest BCUT2D eigenvalue weighted by molar-refractivity contribution is 5.16. The first kappa shape index (κ1) is 13.5. The molecule has 20 heavy (non-hydrogen) atoms. The van der Waals surface area contributed by atoms with Gasteiger partial charge in [-0.25, -0.2) is 0 Å². The van der Waals surface area contributed by atoms with E-state index in [0.29, 0.717) is 5.41 Å². The Morgan fingerprint density at radius 2 is 1.45 bits per heavy atom. The second-order valence-corrected chi connectivity index (χ2v) is 8.59. The van der Waals surface area contributed by atoms with E-state index in [-0.39, 0.29) is 0 Å². The Kier molecular flexibility index (Phi) is 3.00. The maximum Gasteiger partial charge on any atom is 0.0184 e. The minimum absolute atomic E-state index is 0.679. The van der Waals surface area contributed by atoms with E-state index < -0.39 is 0 Å². The van der Waals surface area contributed by atoms with Crippen LogP contribution in [0.15, 0.2) is 0 Å². The number of hydrogen-bond donors (Lipinski definition) is 0. The van der Waals surface area contributed by atoms with Crippen LogP contribution in [0.2, 0.25) is 0 Å². The first-order valence-corrected chi connectivity index (χ1v) is 8.71. The van der Waals surface area contributed by atoms with Gasteiger partial charge in [0.1, 0.15) is 0 Å². The van der Waals surface area contributed by atoms with Gasteiger partial charge in [-0.05, 0) is 52.5 Å². The molecule has 114 valence electrons. The van der Waals surface area contributed by atoms with Gasteiger partial charge in [0, 0.05) is 56.3 Å². The van der Waals surface area contributed by atoms with Crippen molar-refractivity contribution in [2.75, 3.05) is 39.3 Å². The molecule has 1 spiro atoms. The van der Waals surface area contributed by atoms with E-state index in [4.69, 9.17) is 0 Å². The van der Waals surface area contributed by atoms with Gasteiger partial charge in [-0.2, -0.15) is 0 Å². The molecule has 0 radical (unpaired) electrons. The highest BCUT2D eigenvalue weighted by atomic mass is 15.3. The third-order valence-electron chi connectivity index (χ3n) is 6.60. The average Bonchev–Trinajstić information content (AvgIpc) is 2.80. The maximum absolute atomic E-state index is 2.83. The summed E-state index contributed by atoms with van der Waals surface area (Å²) in [6, 6.07) is 2.45.